The number of nitrogens with zero attached hydrogens (tertiary/aromatic N) is 1. The van der Waals surface area contributed by atoms with E-state index in [0.717, 1.165) is 15.1 Å². The highest BCUT2D eigenvalue weighted by atomic mass is 32.1. The maximum atomic E-state index is 11.7. The SMILES string of the molecule is CCC(=O)c1ccc(-c2cccc3cnccc23)s1. The molecule has 3 rings (SSSR count). The molecule has 19 heavy (non-hydrogen) atoms. The standard InChI is InChI=1S/C16H13NOS/c1-2-14(18)16-7-6-15(19-16)13-5-3-4-11-10-17-9-8-12(11)13/h3-10H,2H2,1H3. The fourth-order valence-electron chi connectivity index (χ4n) is 2.14. The monoisotopic (exact) mass is 267 g/mol. The third-order valence-corrected chi connectivity index (χ3v) is 4.31. The minimum absolute atomic E-state index is 0.207. The van der Waals surface area contributed by atoms with Crippen molar-refractivity contribution in [3.63, 3.8) is 0 Å². The summed E-state index contributed by atoms with van der Waals surface area (Å²) in [6.07, 6.45) is 4.22. The molecule has 0 aliphatic heterocycles. The minimum atomic E-state index is 0.207. The Bertz CT molecular complexity index is 740. The Hall–Kier alpha value is -2.00. The highest BCUT2D eigenvalue weighted by molar-refractivity contribution is 7.17. The van der Waals surface area contributed by atoms with Crippen LogP contribution in [0.2, 0.25) is 0 Å². The Labute approximate surface area is 115 Å². The van der Waals surface area contributed by atoms with Crippen molar-refractivity contribution in [2.45, 2.75) is 13.3 Å². The van der Waals surface area contributed by atoms with Gasteiger partial charge in [0.2, 0.25) is 0 Å². The minimum Gasteiger partial charge on any atom is -0.293 e. The third kappa shape index (κ3) is 2.17. The number of rotatable bonds is 3. The lowest BCUT2D eigenvalue weighted by Crippen LogP contribution is -1.90. The molecule has 0 radical (unpaired) electrons. The van der Waals surface area contributed by atoms with Crippen molar-refractivity contribution in [1.29, 1.82) is 0 Å². The number of Topliss-reactive ketones (excluding diaryl/α,β-unsaturated/α-hetero) is 1. The van der Waals surface area contributed by atoms with Gasteiger partial charge in [-0.05, 0) is 29.1 Å². The maximum Gasteiger partial charge on any atom is 0.172 e. The van der Waals surface area contributed by atoms with Crippen LogP contribution in [0.5, 0.6) is 0 Å². The Morgan fingerprint density at radius 1 is 1.21 bits per heavy atom. The first-order valence-electron chi connectivity index (χ1n) is 6.25. The fraction of sp³-hybridized carbons (Fsp3) is 0.125. The molecule has 0 amide bonds. The largest absolute Gasteiger partial charge is 0.293 e. The quantitative estimate of drug-likeness (QED) is 0.651. The second-order valence-electron chi connectivity index (χ2n) is 4.34. The molecular weight excluding hydrogens is 254 g/mol. The summed E-state index contributed by atoms with van der Waals surface area (Å²) in [5.41, 5.74) is 1.17. The number of pyridine rings is 1. The van der Waals surface area contributed by atoms with Crippen LogP contribution in [0, 0.1) is 0 Å². The third-order valence-electron chi connectivity index (χ3n) is 3.15. The maximum absolute atomic E-state index is 11.7. The molecule has 2 nitrogen and oxygen atoms in total. The molecule has 0 fully saturated rings. The average molecular weight is 267 g/mol. The van der Waals surface area contributed by atoms with Gasteiger partial charge in [0.1, 0.15) is 0 Å². The molecule has 0 saturated heterocycles. The van der Waals surface area contributed by atoms with Crippen molar-refractivity contribution < 1.29 is 4.79 Å². The molecular formula is C16H13NOS. The molecule has 0 unspecified atom stereocenters. The van der Waals surface area contributed by atoms with Gasteiger partial charge in [0.05, 0.1) is 4.88 Å². The van der Waals surface area contributed by atoms with Crippen molar-refractivity contribution in [3.8, 4) is 10.4 Å². The van der Waals surface area contributed by atoms with Crippen LogP contribution in [0.25, 0.3) is 21.2 Å². The molecule has 2 aromatic heterocycles. The second kappa shape index (κ2) is 4.94. The van der Waals surface area contributed by atoms with Gasteiger partial charge in [-0.25, -0.2) is 0 Å². The zero-order valence-corrected chi connectivity index (χ0v) is 11.4. The van der Waals surface area contributed by atoms with Gasteiger partial charge in [-0.2, -0.15) is 0 Å². The fourth-order valence-corrected chi connectivity index (χ4v) is 3.20. The van der Waals surface area contributed by atoms with Gasteiger partial charge in [0.15, 0.2) is 5.78 Å². The molecule has 0 N–H and O–H groups in total. The van der Waals surface area contributed by atoms with Crippen molar-refractivity contribution in [3.05, 3.63) is 53.7 Å². The second-order valence-corrected chi connectivity index (χ2v) is 5.43. The van der Waals surface area contributed by atoms with Gasteiger partial charge in [-0.1, -0.05) is 25.1 Å². The van der Waals surface area contributed by atoms with Gasteiger partial charge in [-0.15, -0.1) is 11.3 Å². The summed E-state index contributed by atoms with van der Waals surface area (Å²) in [5, 5.41) is 2.30. The van der Waals surface area contributed by atoms with Crippen LogP contribution < -0.4 is 0 Å². The van der Waals surface area contributed by atoms with E-state index in [1.54, 1.807) is 17.5 Å². The topological polar surface area (TPSA) is 30.0 Å². The van der Waals surface area contributed by atoms with Gasteiger partial charge in [0.25, 0.3) is 0 Å². The Morgan fingerprint density at radius 2 is 2.11 bits per heavy atom. The first-order valence-corrected chi connectivity index (χ1v) is 7.07. The van der Waals surface area contributed by atoms with Crippen LogP contribution in [-0.2, 0) is 0 Å². The summed E-state index contributed by atoms with van der Waals surface area (Å²) in [4.78, 5) is 17.8. The first kappa shape index (κ1) is 12.1. The number of hydrogen-bond donors (Lipinski definition) is 0. The Morgan fingerprint density at radius 3 is 2.95 bits per heavy atom. The van der Waals surface area contributed by atoms with E-state index in [2.05, 4.69) is 17.1 Å². The Balaban J connectivity index is 2.14. The smallest absolute Gasteiger partial charge is 0.172 e. The number of carbonyl (C=O) groups excluding carboxylic acids is 1. The van der Waals surface area contributed by atoms with E-state index in [9.17, 15) is 4.79 Å². The predicted octanol–water partition coefficient (Wildman–Crippen LogP) is 4.56. The van der Waals surface area contributed by atoms with Crippen LogP contribution >= 0.6 is 11.3 Å². The van der Waals surface area contributed by atoms with Gasteiger partial charge in [0, 0.05) is 29.1 Å². The zero-order valence-electron chi connectivity index (χ0n) is 10.6. The molecule has 3 aromatic rings. The summed E-state index contributed by atoms with van der Waals surface area (Å²) in [6, 6.07) is 12.1. The van der Waals surface area contributed by atoms with Crippen molar-refractivity contribution in [2.24, 2.45) is 0 Å². The molecule has 0 spiro atoms. The lowest BCUT2D eigenvalue weighted by atomic mass is 10.1. The summed E-state index contributed by atoms with van der Waals surface area (Å²) < 4.78 is 0. The molecule has 0 aliphatic carbocycles. The van der Waals surface area contributed by atoms with Gasteiger partial charge >= 0.3 is 0 Å². The Kier molecular flexibility index (Phi) is 3.13. The van der Waals surface area contributed by atoms with Crippen LogP contribution in [0.3, 0.4) is 0 Å². The molecule has 0 aliphatic rings. The number of aromatic nitrogens is 1. The van der Waals surface area contributed by atoms with Crippen molar-refractivity contribution in [2.75, 3.05) is 0 Å². The number of fused-ring (bicyclic) bond motifs is 1. The van der Waals surface area contributed by atoms with Crippen molar-refractivity contribution >= 4 is 27.9 Å². The number of carbonyl (C=O) groups is 1. The number of benzene rings is 1. The van der Waals surface area contributed by atoms with Crippen LogP contribution in [-0.4, -0.2) is 10.8 Å². The number of thiophene rings is 1. The highest BCUT2D eigenvalue weighted by Gasteiger charge is 2.10. The number of hydrogen-bond acceptors (Lipinski definition) is 3. The van der Waals surface area contributed by atoms with E-state index in [1.807, 2.05) is 37.4 Å². The van der Waals surface area contributed by atoms with Crippen LogP contribution in [0.4, 0.5) is 0 Å². The molecule has 0 bridgehead atoms. The normalized spacial score (nSPS) is 10.8. The lowest BCUT2D eigenvalue weighted by molar-refractivity contribution is 0.0992. The lowest BCUT2D eigenvalue weighted by Gasteiger charge is -2.03. The van der Waals surface area contributed by atoms with Gasteiger partial charge < -0.3 is 0 Å². The van der Waals surface area contributed by atoms with E-state index in [1.165, 1.54) is 10.9 Å². The van der Waals surface area contributed by atoms with Gasteiger partial charge in [-0.3, -0.25) is 9.78 Å². The molecule has 0 saturated carbocycles. The molecule has 3 heteroatoms. The van der Waals surface area contributed by atoms with Crippen LogP contribution in [0.15, 0.2) is 48.8 Å². The average Bonchev–Trinajstić information content (AvgIpc) is 2.95. The molecule has 1 aromatic carbocycles. The summed E-state index contributed by atoms with van der Waals surface area (Å²) in [5.74, 6) is 0.207. The predicted molar refractivity (Wildman–Crippen MR) is 79.7 cm³/mol. The summed E-state index contributed by atoms with van der Waals surface area (Å²) >= 11 is 1.56. The van der Waals surface area contributed by atoms with E-state index < -0.39 is 0 Å². The number of ketones is 1. The first-order chi connectivity index (χ1) is 9.29. The molecule has 2 heterocycles. The van der Waals surface area contributed by atoms with E-state index in [0.29, 0.717) is 6.42 Å². The van der Waals surface area contributed by atoms with E-state index in [-0.39, 0.29) is 5.78 Å². The highest BCUT2D eigenvalue weighted by Crippen LogP contribution is 2.33. The van der Waals surface area contributed by atoms with E-state index >= 15 is 0 Å². The zero-order chi connectivity index (χ0) is 13.2. The summed E-state index contributed by atoms with van der Waals surface area (Å²) in [7, 11) is 0. The summed E-state index contributed by atoms with van der Waals surface area (Å²) in [6.45, 7) is 1.89. The molecule has 94 valence electrons. The van der Waals surface area contributed by atoms with Crippen LogP contribution in [0.1, 0.15) is 23.0 Å². The molecule has 0 atom stereocenters. The van der Waals surface area contributed by atoms with Crippen molar-refractivity contribution in [1.82, 2.24) is 4.98 Å². The van der Waals surface area contributed by atoms with E-state index in [4.69, 9.17) is 0 Å².